The number of hydrazine groups is 1. The van der Waals surface area contributed by atoms with E-state index >= 15 is 0 Å². The van der Waals surface area contributed by atoms with E-state index < -0.39 is 0 Å². The van der Waals surface area contributed by atoms with Crippen LogP contribution in [-0.2, 0) is 0 Å². The Hall–Kier alpha value is -2.18. The fourth-order valence-corrected chi connectivity index (χ4v) is 1.87. The molecule has 0 atom stereocenters. The van der Waals surface area contributed by atoms with Gasteiger partial charge in [0.15, 0.2) is 5.11 Å². The molecule has 1 amide bonds. The van der Waals surface area contributed by atoms with Gasteiger partial charge in [-0.05, 0) is 49.0 Å². The van der Waals surface area contributed by atoms with Crippen molar-refractivity contribution in [3.8, 4) is 0 Å². The van der Waals surface area contributed by atoms with Gasteiger partial charge in [-0.15, -0.1) is 0 Å². The normalized spacial score (nSPS) is 9.81. The molecule has 0 fully saturated rings. The van der Waals surface area contributed by atoms with E-state index in [1.807, 2.05) is 19.1 Å². The number of benzene rings is 1. The van der Waals surface area contributed by atoms with E-state index in [2.05, 4.69) is 21.2 Å². The third-order valence-corrected chi connectivity index (χ3v) is 3.25. The molecule has 1 aromatic heterocycles. The minimum atomic E-state index is -0.325. The smallest absolute Gasteiger partial charge is 0.271 e. The Morgan fingerprint density at radius 2 is 2.10 bits per heavy atom. The molecule has 0 aliphatic carbocycles. The number of hydrogen-bond donors (Lipinski definition) is 3. The summed E-state index contributed by atoms with van der Waals surface area (Å²) in [5.74, 6) is -0.325. The van der Waals surface area contributed by atoms with E-state index in [0.29, 0.717) is 10.6 Å². The Morgan fingerprint density at radius 1 is 1.29 bits per heavy atom. The van der Waals surface area contributed by atoms with Crippen LogP contribution in [0.2, 0.25) is 5.02 Å². The van der Waals surface area contributed by atoms with E-state index in [1.54, 1.807) is 24.4 Å². The highest BCUT2D eigenvalue weighted by atomic mass is 35.5. The molecule has 0 aliphatic heterocycles. The molecule has 2 rings (SSSR count). The fraction of sp³-hybridized carbons (Fsp3) is 0.0714. The number of pyridine rings is 1. The summed E-state index contributed by atoms with van der Waals surface area (Å²) >= 11 is 11.1. The summed E-state index contributed by atoms with van der Waals surface area (Å²) in [7, 11) is 0. The van der Waals surface area contributed by atoms with Crippen molar-refractivity contribution in [2.24, 2.45) is 0 Å². The molecule has 5 nitrogen and oxygen atoms in total. The maximum Gasteiger partial charge on any atom is 0.271 e. The fourth-order valence-electron chi connectivity index (χ4n) is 1.52. The molecule has 21 heavy (non-hydrogen) atoms. The Morgan fingerprint density at radius 3 is 2.76 bits per heavy atom. The Balaban J connectivity index is 1.87. The van der Waals surface area contributed by atoms with Gasteiger partial charge in [-0.3, -0.25) is 20.6 Å². The molecule has 3 N–H and O–H groups in total. The van der Waals surface area contributed by atoms with Gasteiger partial charge in [0.25, 0.3) is 5.91 Å². The third-order valence-electron chi connectivity index (χ3n) is 2.64. The predicted molar refractivity (Wildman–Crippen MR) is 87.2 cm³/mol. The largest absolute Gasteiger partial charge is 0.331 e. The summed E-state index contributed by atoms with van der Waals surface area (Å²) in [4.78, 5) is 15.6. The van der Waals surface area contributed by atoms with Crippen LogP contribution >= 0.6 is 23.8 Å². The van der Waals surface area contributed by atoms with E-state index in [9.17, 15) is 4.79 Å². The molecule has 108 valence electrons. The number of halogens is 1. The molecule has 0 aliphatic rings. The minimum absolute atomic E-state index is 0.257. The van der Waals surface area contributed by atoms with E-state index in [0.717, 1.165) is 11.3 Å². The Bertz CT molecular complexity index is 663. The average molecular weight is 321 g/mol. The highest BCUT2D eigenvalue weighted by Gasteiger charge is 2.05. The Kier molecular flexibility index (Phi) is 5.08. The molecule has 0 saturated heterocycles. The molecule has 1 aromatic carbocycles. The monoisotopic (exact) mass is 320 g/mol. The molecule has 1 heterocycles. The molecular formula is C14H13ClN4OS. The number of nitrogens with one attached hydrogen (secondary N) is 3. The lowest BCUT2D eigenvalue weighted by atomic mass is 10.2. The number of thiocarbonyl (C=S) groups is 1. The van der Waals surface area contributed by atoms with E-state index in [1.165, 1.54) is 6.20 Å². The van der Waals surface area contributed by atoms with Gasteiger partial charge in [-0.1, -0.05) is 17.7 Å². The van der Waals surface area contributed by atoms with Gasteiger partial charge in [0, 0.05) is 23.1 Å². The molecule has 2 aromatic rings. The number of nitrogens with zero attached hydrogens (tertiary/aromatic N) is 1. The average Bonchev–Trinajstić information content (AvgIpc) is 2.49. The number of aromatic nitrogens is 1. The number of carbonyl (C=O) groups is 1. The zero-order chi connectivity index (χ0) is 15.2. The van der Waals surface area contributed by atoms with Crippen LogP contribution in [0.1, 0.15) is 15.9 Å². The highest BCUT2D eigenvalue weighted by Crippen LogP contribution is 2.19. The second kappa shape index (κ2) is 7.01. The van der Waals surface area contributed by atoms with Gasteiger partial charge < -0.3 is 5.32 Å². The van der Waals surface area contributed by atoms with Crippen LogP contribution in [0, 0.1) is 6.92 Å². The maximum atomic E-state index is 11.8. The number of carbonyl (C=O) groups excluding carboxylic acids is 1. The number of rotatable bonds is 2. The summed E-state index contributed by atoms with van der Waals surface area (Å²) in [6.07, 6.45) is 3.06. The third kappa shape index (κ3) is 4.40. The van der Waals surface area contributed by atoms with Crippen molar-refractivity contribution in [3.05, 3.63) is 58.9 Å². The SMILES string of the molecule is Cc1ccc(NC(=S)NNC(=O)c2cccnc2)cc1Cl. The zero-order valence-corrected chi connectivity index (χ0v) is 12.8. The molecular weight excluding hydrogens is 308 g/mol. The van der Waals surface area contributed by atoms with Crippen LogP contribution < -0.4 is 16.2 Å². The van der Waals surface area contributed by atoms with Gasteiger partial charge in [0.05, 0.1) is 5.56 Å². The topological polar surface area (TPSA) is 66.0 Å². The highest BCUT2D eigenvalue weighted by molar-refractivity contribution is 7.80. The maximum absolute atomic E-state index is 11.8. The van der Waals surface area contributed by atoms with E-state index in [-0.39, 0.29) is 11.0 Å². The van der Waals surface area contributed by atoms with Crippen molar-refractivity contribution in [2.45, 2.75) is 6.92 Å². The van der Waals surface area contributed by atoms with Gasteiger partial charge in [0.2, 0.25) is 0 Å². The van der Waals surface area contributed by atoms with Crippen molar-refractivity contribution in [3.63, 3.8) is 0 Å². The molecule has 0 bridgehead atoms. The first-order valence-corrected chi connectivity index (χ1v) is 6.88. The van der Waals surface area contributed by atoms with Crippen molar-refractivity contribution >= 4 is 40.5 Å². The second-order valence-corrected chi connectivity index (χ2v) is 5.05. The summed E-state index contributed by atoms with van der Waals surface area (Å²) in [6, 6.07) is 8.81. The Labute approximate surface area is 132 Å². The lowest BCUT2D eigenvalue weighted by molar-refractivity contribution is 0.0944. The lowest BCUT2D eigenvalue weighted by Gasteiger charge is -2.12. The summed E-state index contributed by atoms with van der Waals surface area (Å²) in [5.41, 5.74) is 7.24. The van der Waals surface area contributed by atoms with Gasteiger partial charge >= 0.3 is 0 Å². The molecule has 0 saturated carbocycles. The van der Waals surface area contributed by atoms with Gasteiger partial charge in [-0.25, -0.2) is 0 Å². The van der Waals surface area contributed by atoms with Crippen LogP contribution in [0.3, 0.4) is 0 Å². The van der Waals surface area contributed by atoms with Gasteiger partial charge in [-0.2, -0.15) is 0 Å². The first-order valence-electron chi connectivity index (χ1n) is 6.10. The van der Waals surface area contributed by atoms with Crippen LogP contribution in [0.5, 0.6) is 0 Å². The van der Waals surface area contributed by atoms with Crippen molar-refractivity contribution < 1.29 is 4.79 Å². The first kappa shape index (κ1) is 15.2. The van der Waals surface area contributed by atoms with Crippen molar-refractivity contribution in [1.29, 1.82) is 0 Å². The molecule has 0 unspecified atom stereocenters. The van der Waals surface area contributed by atoms with Crippen LogP contribution in [0.15, 0.2) is 42.7 Å². The van der Waals surface area contributed by atoms with Crippen molar-refractivity contribution in [1.82, 2.24) is 15.8 Å². The van der Waals surface area contributed by atoms with Crippen LogP contribution in [0.4, 0.5) is 5.69 Å². The number of aryl methyl sites for hydroxylation is 1. The lowest BCUT2D eigenvalue weighted by Crippen LogP contribution is -2.43. The molecule has 0 spiro atoms. The predicted octanol–water partition coefficient (Wildman–Crippen LogP) is 2.67. The molecule has 0 radical (unpaired) electrons. The number of hydrogen-bond acceptors (Lipinski definition) is 3. The summed E-state index contributed by atoms with van der Waals surface area (Å²) < 4.78 is 0. The van der Waals surface area contributed by atoms with Crippen molar-refractivity contribution in [2.75, 3.05) is 5.32 Å². The number of anilines is 1. The minimum Gasteiger partial charge on any atom is -0.331 e. The zero-order valence-electron chi connectivity index (χ0n) is 11.2. The quantitative estimate of drug-likeness (QED) is 0.586. The molecule has 7 heteroatoms. The summed E-state index contributed by atoms with van der Waals surface area (Å²) in [6.45, 7) is 1.91. The number of amides is 1. The van der Waals surface area contributed by atoms with Crippen LogP contribution in [0.25, 0.3) is 0 Å². The summed E-state index contributed by atoms with van der Waals surface area (Å²) in [5, 5.41) is 3.82. The van der Waals surface area contributed by atoms with Crippen LogP contribution in [-0.4, -0.2) is 16.0 Å². The standard InChI is InChI=1S/C14H13ClN4OS/c1-9-4-5-11(7-12(9)15)17-14(21)19-18-13(20)10-3-2-6-16-8-10/h2-8H,1H3,(H,18,20)(H2,17,19,21). The first-order chi connectivity index (χ1) is 10.1. The van der Waals surface area contributed by atoms with E-state index in [4.69, 9.17) is 23.8 Å². The van der Waals surface area contributed by atoms with Gasteiger partial charge in [0.1, 0.15) is 0 Å². The second-order valence-electron chi connectivity index (χ2n) is 4.24.